The second kappa shape index (κ2) is 6.11. The fourth-order valence-corrected chi connectivity index (χ4v) is 4.46. The van der Waals surface area contributed by atoms with E-state index in [4.69, 9.17) is 15.3 Å². The maximum atomic E-state index is 15.3. The van der Waals surface area contributed by atoms with Crippen molar-refractivity contribution in [2.24, 2.45) is 16.6 Å². The normalized spacial score (nSPS) is 32.7. The van der Waals surface area contributed by atoms with Gasteiger partial charge in [0.15, 0.2) is 23.6 Å². The van der Waals surface area contributed by atoms with E-state index in [9.17, 15) is 9.59 Å². The molecule has 2 aliphatic carbocycles. The Hall–Kier alpha value is -2.78. The van der Waals surface area contributed by atoms with Crippen molar-refractivity contribution >= 4 is 17.3 Å². The number of ketones is 2. The quantitative estimate of drug-likeness (QED) is 0.675. The lowest BCUT2D eigenvalue weighted by Gasteiger charge is -2.50. The van der Waals surface area contributed by atoms with Crippen LogP contribution in [0, 0.1) is 5.92 Å². The summed E-state index contributed by atoms with van der Waals surface area (Å²) in [6, 6.07) is -0.474. The summed E-state index contributed by atoms with van der Waals surface area (Å²) in [5, 5.41) is 0. The molecule has 0 aromatic rings. The molecule has 0 aromatic heterocycles. The Morgan fingerprint density at radius 3 is 3.00 bits per heavy atom. The van der Waals surface area contributed by atoms with Gasteiger partial charge >= 0.3 is 0 Å². The molecule has 28 heavy (non-hydrogen) atoms. The number of hydrogen-bond donors (Lipinski definition) is 2. The number of nitrogens with two attached hydrogens (primary N) is 1. The van der Waals surface area contributed by atoms with E-state index in [1.54, 1.807) is 0 Å². The van der Waals surface area contributed by atoms with E-state index in [1.807, 2.05) is 11.0 Å². The van der Waals surface area contributed by atoms with Crippen LogP contribution in [0.3, 0.4) is 0 Å². The standard InChI is InChI=1S/C19H19FN4O4/c1-8-10-6-9-7-11(22-5-4-21)14(20)18-15(9)24(19(10)28-23-8)12-2-3-13(25)16(26)17(12)27-18/h6,9,15,19,23H,1-5,7,21H2. The largest absolute Gasteiger partial charge is 0.450 e. The van der Waals surface area contributed by atoms with E-state index in [0.717, 1.165) is 5.57 Å². The number of carbonyl (C=O) groups is 2. The molecular formula is C19H19FN4O4. The topological polar surface area (TPSA) is 106 Å². The minimum absolute atomic E-state index is 0.00485. The Morgan fingerprint density at radius 2 is 2.21 bits per heavy atom. The van der Waals surface area contributed by atoms with Crippen LogP contribution in [0.25, 0.3) is 0 Å². The van der Waals surface area contributed by atoms with E-state index >= 15 is 4.39 Å². The molecule has 5 aliphatic rings. The summed E-state index contributed by atoms with van der Waals surface area (Å²) in [6.45, 7) is 4.55. The molecule has 1 fully saturated rings. The highest BCUT2D eigenvalue weighted by molar-refractivity contribution is 6.43. The number of carbonyl (C=O) groups excluding carboxylic acids is 2. The van der Waals surface area contributed by atoms with Crippen LogP contribution in [0.15, 0.2) is 52.0 Å². The second-order valence-electron chi connectivity index (χ2n) is 7.32. The molecule has 0 aromatic carbocycles. The fraction of sp³-hybridized carbons (Fsp3) is 0.421. The molecule has 5 rings (SSSR count). The average Bonchev–Trinajstić information content (AvgIpc) is 3.06. The Morgan fingerprint density at radius 1 is 1.39 bits per heavy atom. The van der Waals surface area contributed by atoms with Crippen LogP contribution in [0.2, 0.25) is 0 Å². The molecule has 0 bridgehead atoms. The third-order valence-electron chi connectivity index (χ3n) is 5.69. The summed E-state index contributed by atoms with van der Waals surface area (Å²) in [4.78, 5) is 36.2. The lowest BCUT2D eigenvalue weighted by molar-refractivity contribution is -0.139. The molecule has 3 heterocycles. The summed E-state index contributed by atoms with van der Waals surface area (Å²) >= 11 is 0. The number of nitrogens with one attached hydrogen (secondary N) is 1. The summed E-state index contributed by atoms with van der Waals surface area (Å²) in [5.41, 5.74) is 10.6. The number of hydrogen-bond acceptors (Lipinski definition) is 8. The molecule has 9 heteroatoms. The van der Waals surface area contributed by atoms with Gasteiger partial charge in [-0.05, 0) is 6.42 Å². The van der Waals surface area contributed by atoms with E-state index in [-0.39, 0.29) is 29.6 Å². The van der Waals surface area contributed by atoms with Crippen LogP contribution < -0.4 is 11.2 Å². The van der Waals surface area contributed by atoms with Crippen molar-refractivity contribution in [3.05, 3.63) is 47.0 Å². The predicted molar refractivity (Wildman–Crippen MR) is 95.8 cm³/mol. The van der Waals surface area contributed by atoms with Crippen molar-refractivity contribution in [1.29, 1.82) is 0 Å². The van der Waals surface area contributed by atoms with Crippen molar-refractivity contribution in [1.82, 2.24) is 10.4 Å². The Bertz CT molecular complexity index is 948. The molecule has 3 atom stereocenters. The lowest BCUT2D eigenvalue weighted by Crippen LogP contribution is -2.56. The molecule has 3 N–H and O–H groups in total. The van der Waals surface area contributed by atoms with Crippen LogP contribution >= 0.6 is 0 Å². The van der Waals surface area contributed by atoms with E-state index in [2.05, 4.69) is 17.1 Å². The summed E-state index contributed by atoms with van der Waals surface area (Å²) in [6.07, 6.45) is 2.25. The minimum Gasteiger partial charge on any atom is -0.450 e. The SMILES string of the molecule is C=C1NOC2C1=CC1CC(=NCCN)C(F)=C3OC4=C(CCC(=O)C4=O)N2C31. The minimum atomic E-state index is -0.733. The van der Waals surface area contributed by atoms with Crippen LogP contribution in [-0.4, -0.2) is 47.5 Å². The third-order valence-corrected chi connectivity index (χ3v) is 5.69. The summed E-state index contributed by atoms with van der Waals surface area (Å²) < 4.78 is 21.0. The highest BCUT2D eigenvalue weighted by Gasteiger charge is 2.54. The number of fused-ring (bicyclic) bond motifs is 3. The van der Waals surface area contributed by atoms with Gasteiger partial charge in [0.2, 0.25) is 5.78 Å². The molecular weight excluding hydrogens is 367 g/mol. The van der Waals surface area contributed by atoms with Gasteiger partial charge in [-0.1, -0.05) is 12.7 Å². The number of hydroxylamine groups is 1. The molecule has 8 nitrogen and oxygen atoms in total. The molecule has 0 radical (unpaired) electrons. The van der Waals surface area contributed by atoms with Gasteiger partial charge in [0.05, 0.1) is 29.7 Å². The predicted octanol–water partition coefficient (Wildman–Crippen LogP) is 0.746. The number of allylic oxidation sites excluding steroid dienone is 3. The van der Waals surface area contributed by atoms with Crippen molar-refractivity contribution < 1.29 is 23.6 Å². The van der Waals surface area contributed by atoms with Crippen LogP contribution in [-0.2, 0) is 19.2 Å². The first kappa shape index (κ1) is 17.3. The van der Waals surface area contributed by atoms with Gasteiger partial charge in [-0.15, -0.1) is 0 Å². The van der Waals surface area contributed by atoms with Crippen molar-refractivity contribution in [2.45, 2.75) is 31.5 Å². The lowest BCUT2D eigenvalue weighted by atomic mass is 9.78. The van der Waals surface area contributed by atoms with Gasteiger partial charge in [-0.3, -0.25) is 20.1 Å². The molecule has 3 unspecified atom stereocenters. The number of rotatable bonds is 2. The maximum Gasteiger partial charge on any atom is 0.265 e. The fourth-order valence-electron chi connectivity index (χ4n) is 4.46. The number of Topliss-reactive ketones (excluding diaryl/α,β-unsaturated/α-hetero) is 2. The van der Waals surface area contributed by atoms with Crippen LogP contribution in [0.1, 0.15) is 19.3 Å². The average molecular weight is 386 g/mol. The van der Waals surface area contributed by atoms with Gasteiger partial charge in [0.1, 0.15) is 0 Å². The van der Waals surface area contributed by atoms with Gasteiger partial charge in [-0.2, -0.15) is 0 Å². The number of halogens is 1. The Kier molecular flexibility index (Phi) is 3.78. The molecule has 1 saturated heterocycles. The van der Waals surface area contributed by atoms with E-state index < -0.39 is 29.7 Å². The number of nitrogens with zero attached hydrogens (tertiary/aromatic N) is 2. The van der Waals surface area contributed by atoms with Gasteiger partial charge in [0.25, 0.3) is 5.78 Å². The summed E-state index contributed by atoms with van der Waals surface area (Å²) in [7, 11) is 0. The zero-order chi connectivity index (χ0) is 19.6. The van der Waals surface area contributed by atoms with Gasteiger partial charge in [0, 0.05) is 30.9 Å². The number of aliphatic imine (C=N–C) groups is 1. The van der Waals surface area contributed by atoms with Crippen LogP contribution in [0.4, 0.5) is 4.39 Å². The zero-order valence-corrected chi connectivity index (χ0v) is 15.0. The van der Waals surface area contributed by atoms with Crippen molar-refractivity contribution in [3.8, 4) is 0 Å². The van der Waals surface area contributed by atoms with Crippen molar-refractivity contribution in [3.63, 3.8) is 0 Å². The molecule has 0 saturated carbocycles. The molecule has 3 aliphatic heterocycles. The zero-order valence-electron chi connectivity index (χ0n) is 15.0. The highest BCUT2D eigenvalue weighted by Crippen LogP contribution is 2.49. The van der Waals surface area contributed by atoms with E-state index in [0.29, 0.717) is 37.3 Å². The molecule has 0 amide bonds. The molecule has 146 valence electrons. The highest BCUT2D eigenvalue weighted by atomic mass is 19.1. The Balaban J connectivity index is 1.71. The first-order valence-corrected chi connectivity index (χ1v) is 9.24. The Labute approximate surface area is 160 Å². The molecule has 0 spiro atoms. The van der Waals surface area contributed by atoms with Crippen LogP contribution in [0.5, 0.6) is 0 Å². The van der Waals surface area contributed by atoms with Gasteiger partial charge in [-0.25, -0.2) is 9.23 Å². The van der Waals surface area contributed by atoms with Gasteiger partial charge < -0.3 is 15.4 Å². The first-order valence-electron chi connectivity index (χ1n) is 9.24. The first-order chi connectivity index (χ1) is 13.5. The number of ether oxygens (including phenoxy) is 1. The monoisotopic (exact) mass is 386 g/mol. The third kappa shape index (κ3) is 2.26. The second-order valence-corrected chi connectivity index (χ2v) is 7.32. The smallest absolute Gasteiger partial charge is 0.265 e. The van der Waals surface area contributed by atoms with E-state index in [1.165, 1.54) is 0 Å². The van der Waals surface area contributed by atoms with Crippen molar-refractivity contribution in [2.75, 3.05) is 13.1 Å². The maximum absolute atomic E-state index is 15.3. The summed E-state index contributed by atoms with van der Waals surface area (Å²) in [5.74, 6) is -2.12.